The van der Waals surface area contributed by atoms with Crippen molar-refractivity contribution in [3.05, 3.63) is 24.3 Å². The molecule has 1 aromatic carbocycles. The molecule has 0 atom stereocenters. The normalized spacial score (nSPS) is 20.0. The van der Waals surface area contributed by atoms with Gasteiger partial charge in [-0.2, -0.15) is 0 Å². The van der Waals surface area contributed by atoms with Crippen LogP contribution in [-0.4, -0.2) is 39.7 Å². The average molecular weight is 322 g/mol. The van der Waals surface area contributed by atoms with Gasteiger partial charge < -0.3 is 10.2 Å². The number of hydrogen-bond donors (Lipinski definition) is 1. The molecule has 2 fully saturated rings. The van der Waals surface area contributed by atoms with E-state index in [0.29, 0.717) is 10.9 Å². The summed E-state index contributed by atoms with van der Waals surface area (Å²) in [5.41, 5.74) is 1.02. The zero-order valence-corrected chi connectivity index (χ0v) is 13.6. The lowest BCUT2D eigenvalue weighted by atomic mass is 9.95. The second-order valence-electron chi connectivity index (χ2n) is 6.31. The molecule has 3 rings (SSSR count). The molecule has 6 heteroatoms. The number of piperidine rings is 1. The molecule has 1 aromatic rings. The highest BCUT2D eigenvalue weighted by Crippen LogP contribution is 2.26. The van der Waals surface area contributed by atoms with Crippen molar-refractivity contribution in [3.63, 3.8) is 0 Å². The van der Waals surface area contributed by atoms with Crippen molar-refractivity contribution in [2.45, 2.75) is 36.6 Å². The second-order valence-corrected chi connectivity index (χ2v) is 8.33. The molecule has 0 aromatic heterocycles. The van der Waals surface area contributed by atoms with E-state index in [1.54, 1.807) is 12.1 Å². The summed E-state index contributed by atoms with van der Waals surface area (Å²) in [6, 6.07) is 7.42. The van der Waals surface area contributed by atoms with Gasteiger partial charge in [0, 0.05) is 37.0 Å². The summed E-state index contributed by atoms with van der Waals surface area (Å²) in [4.78, 5) is 14.6. The van der Waals surface area contributed by atoms with Crippen LogP contribution in [-0.2, 0) is 14.6 Å². The van der Waals surface area contributed by atoms with Gasteiger partial charge in [-0.25, -0.2) is 8.42 Å². The average Bonchev–Trinajstić information content (AvgIpc) is 3.31. The Bertz CT molecular complexity index is 642. The second kappa shape index (κ2) is 5.91. The summed E-state index contributed by atoms with van der Waals surface area (Å²) in [6.07, 6.45) is 5.17. The predicted molar refractivity (Wildman–Crippen MR) is 85.7 cm³/mol. The molecule has 0 radical (unpaired) electrons. The lowest BCUT2D eigenvalue weighted by molar-refractivity contribution is -0.125. The number of rotatable bonds is 4. The monoisotopic (exact) mass is 322 g/mol. The highest BCUT2D eigenvalue weighted by Gasteiger charge is 2.29. The van der Waals surface area contributed by atoms with Gasteiger partial charge in [0.15, 0.2) is 9.84 Å². The van der Waals surface area contributed by atoms with Crippen molar-refractivity contribution in [2.75, 3.05) is 24.2 Å². The number of hydrogen-bond acceptors (Lipinski definition) is 4. The Morgan fingerprint density at radius 2 is 1.68 bits per heavy atom. The molecular weight excluding hydrogens is 300 g/mol. The zero-order valence-electron chi connectivity index (χ0n) is 12.8. The number of anilines is 1. The van der Waals surface area contributed by atoms with E-state index in [0.717, 1.165) is 44.5 Å². The summed E-state index contributed by atoms with van der Waals surface area (Å²) in [5.74, 6) is 0.321. The maximum absolute atomic E-state index is 12.1. The van der Waals surface area contributed by atoms with Crippen LogP contribution in [0.5, 0.6) is 0 Å². The smallest absolute Gasteiger partial charge is 0.223 e. The molecule has 1 amide bonds. The molecule has 1 heterocycles. The van der Waals surface area contributed by atoms with Gasteiger partial charge in [0.2, 0.25) is 5.91 Å². The first-order valence-electron chi connectivity index (χ1n) is 7.79. The van der Waals surface area contributed by atoms with Crippen LogP contribution in [0.4, 0.5) is 5.69 Å². The van der Waals surface area contributed by atoms with Crippen LogP contribution >= 0.6 is 0 Å². The Labute approximate surface area is 131 Å². The lowest BCUT2D eigenvalue weighted by Gasteiger charge is -2.33. The van der Waals surface area contributed by atoms with E-state index in [1.807, 2.05) is 12.1 Å². The van der Waals surface area contributed by atoms with Gasteiger partial charge in [-0.1, -0.05) is 0 Å². The van der Waals surface area contributed by atoms with Crippen LogP contribution in [0.25, 0.3) is 0 Å². The van der Waals surface area contributed by atoms with Gasteiger partial charge in [0.25, 0.3) is 0 Å². The third kappa shape index (κ3) is 3.61. The van der Waals surface area contributed by atoms with E-state index in [1.165, 1.54) is 6.26 Å². The van der Waals surface area contributed by atoms with Gasteiger partial charge >= 0.3 is 0 Å². The fraction of sp³-hybridized carbons (Fsp3) is 0.562. The van der Waals surface area contributed by atoms with Gasteiger partial charge in [0.1, 0.15) is 0 Å². The SMILES string of the molecule is CS(=O)(=O)c1ccc(N2CCC(C(=O)NC3CC3)CC2)cc1. The number of benzene rings is 1. The van der Waals surface area contributed by atoms with Crippen LogP contribution in [0.2, 0.25) is 0 Å². The third-order valence-electron chi connectivity index (χ3n) is 4.42. The minimum atomic E-state index is -3.15. The first-order valence-corrected chi connectivity index (χ1v) is 9.68. The van der Waals surface area contributed by atoms with Gasteiger partial charge in [-0.3, -0.25) is 4.79 Å². The Morgan fingerprint density at radius 1 is 1.09 bits per heavy atom. The molecule has 1 saturated heterocycles. The van der Waals surface area contributed by atoms with Gasteiger partial charge in [-0.15, -0.1) is 0 Å². The fourth-order valence-electron chi connectivity index (χ4n) is 2.85. The summed E-state index contributed by atoms with van der Waals surface area (Å²) in [6.45, 7) is 1.67. The maximum atomic E-state index is 12.1. The number of amides is 1. The number of nitrogens with one attached hydrogen (secondary N) is 1. The quantitative estimate of drug-likeness (QED) is 0.914. The van der Waals surface area contributed by atoms with E-state index in [2.05, 4.69) is 10.2 Å². The molecule has 1 saturated carbocycles. The van der Waals surface area contributed by atoms with Crippen LogP contribution in [0.1, 0.15) is 25.7 Å². The molecule has 120 valence electrons. The molecule has 1 aliphatic heterocycles. The largest absolute Gasteiger partial charge is 0.371 e. The topological polar surface area (TPSA) is 66.5 Å². The molecule has 22 heavy (non-hydrogen) atoms. The minimum absolute atomic E-state index is 0.118. The predicted octanol–water partition coefficient (Wildman–Crippen LogP) is 1.59. The number of carbonyl (C=O) groups is 1. The van der Waals surface area contributed by atoms with Crippen molar-refractivity contribution in [3.8, 4) is 0 Å². The Hall–Kier alpha value is -1.56. The first kappa shape index (κ1) is 15.3. The number of nitrogens with zero attached hydrogens (tertiary/aromatic N) is 1. The molecule has 0 spiro atoms. The number of sulfone groups is 1. The molecule has 0 unspecified atom stereocenters. The van der Waals surface area contributed by atoms with Gasteiger partial charge in [0.05, 0.1) is 4.90 Å². The van der Waals surface area contributed by atoms with Crippen molar-refractivity contribution >= 4 is 21.4 Å². The Balaban J connectivity index is 1.57. The van der Waals surface area contributed by atoms with Crippen molar-refractivity contribution in [1.29, 1.82) is 0 Å². The summed E-state index contributed by atoms with van der Waals surface area (Å²) in [7, 11) is -3.15. The molecule has 2 aliphatic rings. The van der Waals surface area contributed by atoms with Crippen LogP contribution in [0.15, 0.2) is 29.2 Å². The van der Waals surface area contributed by atoms with Crippen LogP contribution in [0.3, 0.4) is 0 Å². The Morgan fingerprint density at radius 3 is 2.18 bits per heavy atom. The lowest BCUT2D eigenvalue weighted by Crippen LogP contribution is -2.41. The highest BCUT2D eigenvalue weighted by atomic mass is 32.2. The van der Waals surface area contributed by atoms with E-state index in [4.69, 9.17) is 0 Å². The maximum Gasteiger partial charge on any atom is 0.223 e. The van der Waals surface area contributed by atoms with Crippen LogP contribution < -0.4 is 10.2 Å². The Kier molecular flexibility index (Phi) is 4.12. The zero-order chi connectivity index (χ0) is 15.7. The minimum Gasteiger partial charge on any atom is -0.371 e. The van der Waals surface area contributed by atoms with E-state index >= 15 is 0 Å². The van der Waals surface area contributed by atoms with Crippen molar-refractivity contribution in [2.24, 2.45) is 5.92 Å². The molecular formula is C16H22N2O3S. The molecule has 5 nitrogen and oxygen atoms in total. The van der Waals surface area contributed by atoms with E-state index < -0.39 is 9.84 Å². The highest BCUT2D eigenvalue weighted by molar-refractivity contribution is 7.90. The molecule has 1 N–H and O–H groups in total. The standard InChI is InChI=1S/C16H22N2O3S/c1-22(20,21)15-6-4-14(5-7-15)18-10-8-12(9-11-18)16(19)17-13-2-3-13/h4-7,12-13H,2-3,8-11H2,1H3,(H,17,19). The molecule has 0 bridgehead atoms. The summed E-state index contributed by atoms with van der Waals surface area (Å²) in [5, 5.41) is 3.08. The van der Waals surface area contributed by atoms with Crippen molar-refractivity contribution < 1.29 is 13.2 Å². The first-order chi connectivity index (χ1) is 10.4. The van der Waals surface area contributed by atoms with E-state index in [-0.39, 0.29) is 11.8 Å². The fourth-order valence-corrected chi connectivity index (χ4v) is 3.48. The van der Waals surface area contributed by atoms with Crippen LogP contribution in [0, 0.1) is 5.92 Å². The summed E-state index contributed by atoms with van der Waals surface area (Å²) >= 11 is 0. The summed E-state index contributed by atoms with van der Waals surface area (Å²) < 4.78 is 22.9. The van der Waals surface area contributed by atoms with Gasteiger partial charge in [-0.05, 0) is 49.9 Å². The number of carbonyl (C=O) groups excluding carboxylic acids is 1. The molecule has 1 aliphatic carbocycles. The van der Waals surface area contributed by atoms with E-state index in [9.17, 15) is 13.2 Å². The van der Waals surface area contributed by atoms with Crippen molar-refractivity contribution in [1.82, 2.24) is 5.32 Å². The third-order valence-corrected chi connectivity index (χ3v) is 5.55.